The molecule has 3 rings (SSSR count). The molecule has 0 radical (unpaired) electrons. The van der Waals surface area contributed by atoms with Crippen LogP contribution in [0.1, 0.15) is 22.8 Å². The predicted molar refractivity (Wildman–Crippen MR) is 67.6 cm³/mol. The van der Waals surface area contributed by atoms with Crippen LogP contribution in [0.4, 0.5) is 0 Å². The molecule has 1 aliphatic carbocycles. The summed E-state index contributed by atoms with van der Waals surface area (Å²) in [6, 6.07) is 10.3. The zero-order valence-corrected chi connectivity index (χ0v) is 9.95. The summed E-state index contributed by atoms with van der Waals surface area (Å²) in [7, 11) is 0. The van der Waals surface area contributed by atoms with Gasteiger partial charge in [0.15, 0.2) is 0 Å². The highest BCUT2D eigenvalue weighted by molar-refractivity contribution is 7.15. The number of nitriles is 1. The first-order valence-electron chi connectivity index (χ1n) is 5.50. The molecule has 0 unspecified atom stereocenters. The van der Waals surface area contributed by atoms with Crippen LogP contribution in [0.15, 0.2) is 30.5 Å². The van der Waals surface area contributed by atoms with Gasteiger partial charge in [-0.15, -0.1) is 11.3 Å². The van der Waals surface area contributed by atoms with Crippen LogP contribution in [0, 0.1) is 11.3 Å². The van der Waals surface area contributed by atoms with Gasteiger partial charge in [-0.25, -0.2) is 0 Å². The molecular weight excluding hydrogens is 230 g/mol. The molecule has 84 valence electrons. The van der Waals surface area contributed by atoms with E-state index in [0.29, 0.717) is 12.0 Å². The minimum absolute atomic E-state index is 0.314. The molecule has 0 amide bonds. The van der Waals surface area contributed by atoms with Gasteiger partial charge in [0.25, 0.3) is 0 Å². The number of rotatable bonds is 2. The van der Waals surface area contributed by atoms with Gasteiger partial charge in [0.1, 0.15) is 10.9 Å². The maximum absolute atomic E-state index is 8.78. The molecule has 1 fully saturated rings. The molecule has 17 heavy (non-hydrogen) atoms. The lowest BCUT2D eigenvalue weighted by Crippen LogP contribution is -2.01. The van der Waals surface area contributed by atoms with E-state index in [1.54, 1.807) is 0 Å². The largest absolute Gasteiger partial charge is 0.327 e. The number of hydrogen-bond acceptors (Lipinski definition) is 4. The molecule has 2 N–H and O–H groups in total. The maximum Gasteiger partial charge on any atom is 0.110 e. The molecule has 2 aromatic heterocycles. The summed E-state index contributed by atoms with van der Waals surface area (Å²) in [4.78, 5) is 6.19. The highest BCUT2D eigenvalue weighted by Gasteiger charge is 2.34. The van der Waals surface area contributed by atoms with Gasteiger partial charge in [-0.05, 0) is 30.2 Å². The molecule has 0 spiro atoms. The number of nitrogens with two attached hydrogens (primary N) is 1. The van der Waals surface area contributed by atoms with Crippen LogP contribution in [-0.2, 0) is 0 Å². The average Bonchev–Trinajstić information content (AvgIpc) is 2.92. The van der Waals surface area contributed by atoms with Gasteiger partial charge in [0, 0.05) is 18.2 Å². The maximum atomic E-state index is 8.78. The first-order chi connectivity index (χ1) is 8.28. The normalized spacial score (nSPS) is 22.1. The number of thiophene rings is 1. The fourth-order valence-electron chi connectivity index (χ4n) is 1.90. The Morgan fingerprint density at radius 2 is 2.18 bits per heavy atom. The van der Waals surface area contributed by atoms with Gasteiger partial charge in [0.05, 0.1) is 10.6 Å². The van der Waals surface area contributed by atoms with Crippen molar-refractivity contribution in [2.75, 3.05) is 0 Å². The van der Waals surface area contributed by atoms with E-state index in [9.17, 15) is 0 Å². The van der Waals surface area contributed by atoms with Crippen molar-refractivity contribution in [1.29, 1.82) is 5.26 Å². The van der Waals surface area contributed by atoms with E-state index in [0.717, 1.165) is 21.9 Å². The Kier molecular flexibility index (Phi) is 2.43. The second kappa shape index (κ2) is 3.95. The Labute approximate surface area is 104 Å². The molecule has 4 heteroatoms. The van der Waals surface area contributed by atoms with Gasteiger partial charge < -0.3 is 5.73 Å². The lowest BCUT2D eigenvalue weighted by Gasteiger charge is -2.00. The summed E-state index contributed by atoms with van der Waals surface area (Å²) in [6.07, 6.45) is 2.97. The molecule has 0 bridgehead atoms. The smallest absolute Gasteiger partial charge is 0.110 e. The van der Waals surface area contributed by atoms with Crippen molar-refractivity contribution >= 4 is 11.3 Å². The number of hydrogen-bond donors (Lipinski definition) is 1. The van der Waals surface area contributed by atoms with Gasteiger partial charge in [-0.1, -0.05) is 6.07 Å². The van der Waals surface area contributed by atoms with E-state index in [2.05, 4.69) is 17.1 Å². The summed E-state index contributed by atoms with van der Waals surface area (Å²) < 4.78 is 0. The van der Waals surface area contributed by atoms with E-state index in [1.807, 2.05) is 24.4 Å². The summed E-state index contributed by atoms with van der Waals surface area (Å²) >= 11 is 1.47. The monoisotopic (exact) mass is 241 g/mol. The average molecular weight is 241 g/mol. The minimum Gasteiger partial charge on any atom is -0.327 e. The van der Waals surface area contributed by atoms with Gasteiger partial charge in [-0.2, -0.15) is 5.26 Å². The third-order valence-corrected chi connectivity index (χ3v) is 4.04. The number of pyridine rings is 1. The minimum atomic E-state index is 0.314. The summed E-state index contributed by atoms with van der Waals surface area (Å²) in [6.45, 7) is 0. The molecule has 1 saturated carbocycles. The van der Waals surface area contributed by atoms with Crippen molar-refractivity contribution in [3.8, 4) is 16.6 Å². The molecule has 2 atom stereocenters. The van der Waals surface area contributed by atoms with Crippen LogP contribution in [0.25, 0.3) is 10.6 Å². The Hall–Kier alpha value is -1.70. The highest BCUT2D eigenvalue weighted by Crippen LogP contribution is 2.39. The van der Waals surface area contributed by atoms with Crippen LogP contribution in [0.5, 0.6) is 0 Å². The zero-order chi connectivity index (χ0) is 11.8. The Morgan fingerprint density at radius 1 is 1.35 bits per heavy atom. The highest BCUT2D eigenvalue weighted by atomic mass is 32.1. The third-order valence-electron chi connectivity index (χ3n) is 3.02. The molecule has 2 heterocycles. The molecule has 0 saturated heterocycles. The van der Waals surface area contributed by atoms with E-state index < -0.39 is 0 Å². The quantitative estimate of drug-likeness (QED) is 0.878. The van der Waals surface area contributed by atoms with Crippen molar-refractivity contribution in [1.82, 2.24) is 4.98 Å². The summed E-state index contributed by atoms with van der Waals surface area (Å²) in [5.41, 5.74) is 7.95. The predicted octanol–water partition coefficient (Wildman–Crippen LogP) is 2.50. The first-order valence-corrected chi connectivity index (χ1v) is 6.31. The van der Waals surface area contributed by atoms with E-state index in [-0.39, 0.29) is 0 Å². The molecule has 1 aliphatic rings. The van der Waals surface area contributed by atoms with Gasteiger partial charge in [0.2, 0.25) is 0 Å². The number of nitrogens with zero attached hydrogens (tertiary/aromatic N) is 2. The van der Waals surface area contributed by atoms with Crippen LogP contribution in [0.2, 0.25) is 0 Å². The van der Waals surface area contributed by atoms with Crippen molar-refractivity contribution in [2.45, 2.75) is 18.4 Å². The van der Waals surface area contributed by atoms with Crippen molar-refractivity contribution in [2.24, 2.45) is 5.73 Å². The van der Waals surface area contributed by atoms with Gasteiger partial charge >= 0.3 is 0 Å². The van der Waals surface area contributed by atoms with Crippen molar-refractivity contribution in [3.05, 3.63) is 40.9 Å². The van der Waals surface area contributed by atoms with E-state index >= 15 is 0 Å². The van der Waals surface area contributed by atoms with Gasteiger partial charge in [-0.3, -0.25) is 4.98 Å². The van der Waals surface area contributed by atoms with E-state index in [4.69, 9.17) is 11.0 Å². The summed E-state index contributed by atoms with van der Waals surface area (Å²) in [5, 5.41) is 8.78. The van der Waals surface area contributed by atoms with Crippen molar-refractivity contribution < 1.29 is 0 Å². The lowest BCUT2D eigenvalue weighted by atomic mass is 10.1. The van der Waals surface area contributed by atoms with E-state index in [1.165, 1.54) is 16.9 Å². The van der Waals surface area contributed by atoms with Crippen LogP contribution in [-0.4, -0.2) is 11.0 Å². The molecule has 0 aromatic carbocycles. The molecule has 0 aliphatic heterocycles. The number of aromatic nitrogens is 1. The second-order valence-corrected chi connectivity index (χ2v) is 5.34. The fourth-order valence-corrected chi connectivity index (χ4v) is 2.68. The molecule has 3 nitrogen and oxygen atoms in total. The van der Waals surface area contributed by atoms with Crippen LogP contribution >= 0.6 is 11.3 Å². The van der Waals surface area contributed by atoms with Crippen LogP contribution < -0.4 is 5.73 Å². The Balaban J connectivity index is 1.87. The van der Waals surface area contributed by atoms with Crippen molar-refractivity contribution in [3.63, 3.8) is 0 Å². The second-order valence-electron chi connectivity index (χ2n) is 4.26. The topological polar surface area (TPSA) is 62.7 Å². The molecular formula is C13H11N3S. The SMILES string of the molecule is N#Cc1ccc(-c2ccc([C@H]3C[C@@H]3N)cn2)s1. The summed E-state index contributed by atoms with van der Waals surface area (Å²) in [5.74, 6) is 0.495. The third kappa shape index (κ3) is 1.95. The molecule has 2 aromatic rings. The lowest BCUT2D eigenvalue weighted by molar-refractivity contribution is 0.981. The fraction of sp³-hybridized carbons (Fsp3) is 0.231. The standard InChI is InChI=1S/C13H11N3S/c14-6-9-2-4-13(17-9)12-3-1-8(7-16-12)10-5-11(10)15/h1-4,7,10-11H,5,15H2/t10-,11+/m1/s1. The first kappa shape index (κ1) is 10.5. The Bertz CT molecular complexity index is 579. The zero-order valence-electron chi connectivity index (χ0n) is 9.13. The Morgan fingerprint density at radius 3 is 2.71 bits per heavy atom. The van der Waals surface area contributed by atoms with Crippen LogP contribution in [0.3, 0.4) is 0 Å².